The monoisotopic (exact) mass is 264 g/mol. The fraction of sp³-hybridized carbons (Fsp3) is 0.167. The van der Waals surface area contributed by atoms with Crippen molar-refractivity contribution in [1.82, 2.24) is 9.55 Å². The first-order chi connectivity index (χ1) is 8.25. The van der Waals surface area contributed by atoms with Crippen LogP contribution in [0.2, 0.25) is 5.02 Å². The predicted molar refractivity (Wildman–Crippen MR) is 69.3 cm³/mol. The lowest BCUT2D eigenvalue weighted by atomic mass is 10.3. The van der Waals surface area contributed by atoms with Crippen molar-refractivity contribution in [1.29, 1.82) is 0 Å². The van der Waals surface area contributed by atoms with Crippen molar-refractivity contribution in [3.63, 3.8) is 0 Å². The smallest absolute Gasteiger partial charge is 0.268 e. The first kappa shape index (κ1) is 10.9. The van der Waals surface area contributed by atoms with Crippen molar-refractivity contribution in [3.8, 4) is 5.69 Å². The molecule has 3 rings (SSSR count). The molecule has 1 aliphatic heterocycles. The highest BCUT2D eigenvalue weighted by molar-refractivity contribution is 7.99. The highest BCUT2D eigenvalue weighted by Gasteiger charge is 2.18. The molecule has 0 radical (unpaired) electrons. The van der Waals surface area contributed by atoms with E-state index >= 15 is 0 Å². The molecule has 0 N–H and O–H groups in total. The Balaban J connectivity index is 2.16. The molecule has 0 aliphatic carbocycles. The molecular formula is C12H9ClN2OS. The first-order valence-corrected chi connectivity index (χ1v) is 6.61. The predicted octanol–water partition coefficient (Wildman–Crippen LogP) is 2.53. The van der Waals surface area contributed by atoms with Crippen LogP contribution in [0.1, 0.15) is 5.69 Å². The van der Waals surface area contributed by atoms with Gasteiger partial charge in [0.05, 0.1) is 16.3 Å². The molecule has 1 aromatic heterocycles. The lowest BCUT2D eigenvalue weighted by molar-refractivity contribution is 0.852. The van der Waals surface area contributed by atoms with Crippen molar-refractivity contribution >= 4 is 23.4 Å². The van der Waals surface area contributed by atoms with Gasteiger partial charge in [-0.2, -0.15) is 0 Å². The molecule has 86 valence electrons. The topological polar surface area (TPSA) is 34.9 Å². The molecule has 0 saturated heterocycles. The minimum absolute atomic E-state index is 0.0137. The van der Waals surface area contributed by atoms with Gasteiger partial charge in [0.15, 0.2) is 0 Å². The largest absolute Gasteiger partial charge is 0.271 e. The highest BCUT2D eigenvalue weighted by atomic mass is 35.5. The van der Waals surface area contributed by atoms with E-state index in [4.69, 9.17) is 11.6 Å². The second kappa shape index (κ2) is 4.20. The Bertz CT molecular complexity index is 621. The zero-order chi connectivity index (χ0) is 11.8. The molecular weight excluding hydrogens is 256 g/mol. The molecule has 0 amide bonds. The summed E-state index contributed by atoms with van der Waals surface area (Å²) in [5, 5.41) is 0.658. The molecule has 3 nitrogen and oxygen atoms in total. The Kier molecular flexibility index (Phi) is 2.68. The Morgan fingerprint density at radius 1 is 1.29 bits per heavy atom. The molecule has 17 heavy (non-hydrogen) atoms. The summed E-state index contributed by atoms with van der Waals surface area (Å²) in [6.45, 7) is 0. The zero-order valence-electron chi connectivity index (χ0n) is 8.89. The molecule has 1 aliphatic rings. The van der Waals surface area contributed by atoms with Gasteiger partial charge in [-0.3, -0.25) is 9.36 Å². The van der Waals surface area contributed by atoms with Crippen LogP contribution in [0.3, 0.4) is 0 Å². The van der Waals surface area contributed by atoms with E-state index < -0.39 is 0 Å². The summed E-state index contributed by atoms with van der Waals surface area (Å²) < 4.78 is 1.56. The average molecular weight is 265 g/mol. The molecule has 0 unspecified atom stereocenters. The van der Waals surface area contributed by atoms with Crippen LogP contribution >= 0.6 is 23.4 Å². The lowest BCUT2D eigenvalue weighted by Crippen LogP contribution is -2.20. The van der Waals surface area contributed by atoms with E-state index in [1.165, 1.54) is 0 Å². The van der Waals surface area contributed by atoms with Crippen LogP contribution in [0, 0.1) is 0 Å². The van der Waals surface area contributed by atoms with E-state index in [-0.39, 0.29) is 5.56 Å². The Hall–Kier alpha value is -1.26. The van der Waals surface area contributed by atoms with Crippen molar-refractivity contribution in [2.45, 2.75) is 11.3 Å². The second-order valence-electron chi connectivity index (χ2n) is 3.77. The van der Waals surface area contributed by atoms with Crippen molar-refractivity contribution < 1.29 is 0 Å². The van der Waals surface area contributed by atoms with Gasteiger partial charge < -0.3 is 0 Å². The third-order valence-corrected chi connectivity index (χ3v) is 4.05. The van der Waals surface area contributed by atoms with E-state index in [1.54, 1.807) is 34.8 Å². The minimum atomic E-state index is 0.0137. The van der Waals surface area contributed by atoms with Crippen LogP contribution in [0.5, 0.6) is 0 Å². The van der Waals surface area contributed by atoms with Gasteiger partial charge in [-0.25, -0.2) is 4.98 Å². The zero-order valence-corrected chi connectivity index (χ0v) is 10.5. The third-order valence-electron chi connectivity index (χ3n) is 2.69. The second-order valence-corrected chi connectivity index (χ2v) is 5.31. The van der Waals surface area contributed by atoms with Gasteiger partial charge in [0.2, 0.25) is 0 Å². The molecule has 0 spiro atoms. The van der Waals surface area contributed by atoms with E-state index in [0.29, 0.717) is 5.02 Å². The van der Waals surface area contributed by atoms with Crippen LogP contribution in [0.25, 0.3) is 5.69 Å². The van der Waals surface area contributed by atoms with Gasteiger partial charge in [0.25, 0.3) is 5.56 Å². The number of halogens is 1. The molecule has 0 fully saturated rings. The summed E-state index contributed by atoms with van der Waals surface area (Å²) in [6.07, 6.45) is 2.48. The Morgan fingerprint density at radius 2 is 2.06 bits per heavy atom. The average Bonchev–Trinajstić information content (AvgIpc) is 2.80. The van der Waals surface area contributed by atoms with E-state index in [9.17, 15) is 4.79 Å². The quantitative estimate of drug-likeness (QED) is 0.794. The molecule has 0 bridgehead atoms. The first-order valence-electron chi connectivity index (χ1n) is 5.25. The van der Waals surface area contributed by atoms with Gasteiger partial charge in [0.1, 0.15) is 6.33 Å². The maximum absolute atomic E-state index is 12.2. The van der Waals surface area contributed by atoms with Gasteiger partial charge in [-0.05, 0) is 24.3 Å². The number of benzene rings is 1. The van der Waals surface area contributed by atoms with Crippen LogP contribution in [0.4, 0.5) is 0 Å². The molecule has 0 saturated carbocycles. The molecule has 0 atom stereocenters. The van der Waals surface area contributed by atoms with E-state index in [0.717, 1.165) is 28.5 Å². The maximum atomic E-state index is 12.2. The third kappa shape index (κ3) is 1.87. The number of rotatable bonds is 1. The Morgan fingerprint density at radius 3 is 2.82 bits per heavy atom. The number of thioether (sulfide) groups is 1. The van der Waals surface area contributed by atoms with Gasteiger partial charge >= 0.3 is 0 Å². The fourth-order valence-electron chi connectivity index (χ4n) is 1.83. The summed E-state index contributed by atoms with van der Waals surface area (Å²) in [5.41, 5.74) is 1.73. The fourth-order valence-corrected chi connectivity index (χ4v) is 3.00. The summed E-state index contributed by atoms with van der Waals surface area (Å²) >= 11 is 7.41. The number of nitrogens with zero attached hydrogens (tertiary/aromatic N) is 2. The number of aryl methyl sites for hydroxylation is 1. The molecule has 5 heteroatoms. The van der Waals surface area contributed by atoms with Crippen LogP contribution in [-0.2, 0) is 6.42 Å². The maximum Gasteiger partial charge on any atom is 0.271 e. The number of aromatic nitrogens is 2. The van der Waals surface area contributed by atoms with E-state index in [1.807, 2.05) is 12.1 Å². The van der Waals surface area contributed by atoms with Crippen molar-refractivity contribution in [2.75, 3.05) is 5.75 Å². The normalized spacial score (nSPS) is 13.7. The van der Waals surface area contributed by atoms with Crippen LogP contribution in [0.15, 0.2) is 40.3 Å². The van der Waals surface area contributed by atoms with Crippen molar-refractivity contribution in [2.24, 2.45) is 0 Å². The molecule has 1 aromatic carbocycles. The van der Waals surface area contributed by atoms with Crippen LogP contribution in [-0.4, -0.2) is 15.3 Å². The number of hydrogen-bond donors (Lipinski definition) is 0. The summed E-state index contributed by atoms with van der Waals surface area (Å²) in [5.74, 6) is 0.947. The van der Waals surface area contributed by atoms with Gasteiger partial charge in [-0.1, -0.05) is 11.6 Å². The number of hydrogen-bond acceptors (Lipinski definition) is 3. The van der Waals surface area contributed by atoms with Crippen LogP contribution < -0.4 is 5.56 Å². The van der Waals surface area contributed by atoms with Gasteiger partial charge in [-0.15, -0.1) is 11.8 Å². The van der Waals surface area contributed by atoms with E-state index in [2.05, 4.69) is 4.98 Å². The molecule has 2 aromatic rings. The van der Waals surface area contributed by atoms with Gasteiger partial charge in [0, 0.05) is 17.2 Å². The summed E-state index contributed by atoms with van der Waals surface area (Å²) in [6, 6.07) is 7.17. The van der Waals surface area contributed by atoms with Crippen molar-refractivity contribution in [3.05, 3.63) is 51.7 Å². The standard InChI is InChI=1S/C12H9ClN2OS/c13-8-1-3-9(4-2-8)15-7-14-10-5-6-17-11(10)12(15)16/h1-4,7H,5-6H2. The SMILES string of the molecule is O=c1c2c(ncn1-c1ccc(Cl)cc1)CCS2. The summed E-state index contributed by atoms with van der Waals surface area (Å²) in [4.78, 5) is 17.3. The minimum Gasteiger partial charge on any atom is -0.268 e. The summed E-state index contributed by atoms with van der Waals surface area (Å²) in [7, 11) is 0. The number of fused-ring (bicyclic) bond motifs is 1. The Labute approximate surface area is 107 Å². The lowest BCUT2D eigenvalue weighted by Gasteiger charge is -2.06. The highest BCUT2D eigenvalue weighted by Crippen LogP contribution is 2.26. The molecule has 2 heterocycles.